The van der Waals surface area contributed by atoms with Crippen LogP contribution in [-0.2, 0) is 4.74 Å². The molecule has 0 saturated carbocycles. The highest BCUT2D eigenvalue weighted by Gasteiger charge is 2.33. The monoisotopic (exact) mass is 223 g/mol. The molecule has 2 aliphatic rings. The van der Waals surface area contributed by atoms with Gasteiger partial charge in [0.05, 0.1) is 12.1 Å². The standard InChI is InChI=1S/C14H25NO/c1-3-15-13(12-7-5-4-6-8-12)14-11(2)9-10-16-14/h7,11,13-15H,3-6,8-10H2,1-2H3. The van der Waals surface area contributed by atoms with E-state index in [0.717, 1.165) is 13.2 Å². The summed E-state index contributed by atoms with van der Waals surface area (Å²) in [5.74, 6) is 0.701. The molecule has 0 radical (unpaired) electrons. The van der Waals surface area contributed by atoms with E-state index in [4.69, 9.17) is 4.74 Å². The first-order chi connectivity index (χ1) is 7.83. The number of nitrogens with one attached hydrogen (secondary N) is 1. The van der Waals surface area contributed by atoms with Crippen molar-refractivity contribution in [1.29, 1.82) is 0 Å². The van der Waals surface area contributed by atoms with E-state index in [1.165, 1.54) is 32.1 Å². The summed E-state index contributed by atoms with van der Waals surface area (Å²) < 4.78 is 5.93. The maximum atomic E-state index is 5.93. The molecule has 0 amide bonds. The molecule has 3 unspecified atom stereocenters. The summed E-state index contributed by atoms with van der Waals surface area (Å²) in [5.41, 5.74) is 1.60. The van der Waals surface area contributed by atoms with Crippen LogP contribution in [-0.4, -0.2) is 25.3 Å². The minimum atomic E-state index is 0.407. The van der Waals surface area contributed by atoms with Gasteiger partial charge in [-0.15, -0.1) is 0 Å². The van der Waals surface area contributed by atoms with Crippen LogP contribution in [0, 0.1) is 5.92 Å². The number of hydrogen-bond acceptors (Lipinski definition) is 2. The van der Waals surface area contributed by atoms with E-state index in [1.54, 1.807) is 5.57 Å². The Hall–Kier alpha value is -0.340. The van der Waals surface area contributed by atoms with Gasteiger partial charge >= 0.3 is 0 Å². The van der Waals surface area contributed by atoms with Gasteiger partial charge in [0.15, 0.2) is 0 Å². The molecule has 1 aliphatic carbocycles. The Kier molecular flexibility index (Phi) is 4.42. The van der Waals surface area contributed by atoms with Crippen LogP contribution in [0.3, 0.4) is 0 Å². The van der Waals surface area contributed by atoms with Gasteiger partial charge in [-0.3, -0.25) is 0 Å². The number of hydrogen-bond donors (Lipinski definition) is 1. The lowest BCUT2D eigenvalue weighted by atomic mass is 9.86. The third-order valence-electron chi connectivity index (χ3n) is 3.92. The Bertz CT molecular complexity index is 249. The van der Waals surface area contributed by atoms with Gasteiger partial charge in [0.1, 0.15) is 0 Å². The van der Waals surface area contributed by atoms with Gasteiger partial charge in [-0.2, -0.15) is 0 Å². The highest BCUT2D eigenvalue weighted by atomic mass is 16.5. The quantitative estimate of drug-likeness (QED) is 0.740. The lowest BCUT2D eigenvalue weighted by Crippen LogP contribution is -2.43. The van der Waals surface area contributed by atoms with E-state index >= 15 is 0 Å². The smallest absolute Gasteiger partial charge is 0.0792 e. The molecule has 92 valence electrons. The van der Waals surface area contributed by atoms with Crippen LogP contribution >= 0.6 is 0 Å². The summed E-state index contributed by atoms with van der Waals surface area (Å²) in [6.07, 6.45) is 9.33. The lowest BCUT2D eigenvalue weighted by molar-refractivity contribution is 0.0703. The molecule has 0 spiro atoms. The fourth-order valence-corrected chi connectivity index (χ4v) is 2.97. The molecule has 1 heterocycles. The largest absolute Gasteiger partial charge is 0.376 e. The molecule has 1 N–H and O–H groups in total. The summed E-state index contributed by atoms with van der Waals surface area (Å²) in [6.45, 7) is 6.50. The van der Waals surface area contributed by atoms with E-state index in [1.807, 2.05) is 0 Å². The summed E-state index contributed by atoms with van der Waals surface area (Å²) in [5, 5.41) is 3.63. The van der Waals surface area contributed by atoms with Crippen molar-refractivity contribution >= 4 is 0 Å². The second-order valence-corrected chi connectivity index (χ2v) is 5.16. The molecular formula is C14H25NO. The van der Waals surface area contributed by atoms with E-state index in [9.17, 15) is 0 Å². The van der Waals surface area contributed by atoms with Crippen LogP contribution in [0.15, 0.2) is 11.6 Å². The van der Waals surface area contributed by atoms with Gasteiger partial charge in [0.2, 0.25) is 0 Å². The molecule has 0 aromatic heterocycles. The SMILES string of the molecule is CCNC(C1=CCCCC1)C1OCCC1C. The number of allylic oxidation sites excluding steroid dienone is 1. The van der Waals surface area contributed by atoms with E-state index in [0.29, 0.717) is 18.1 Å². The number of likely N-dealkylation sites (N-methyl/N-ethyl adjacent to an activating group) is 1. The van der Waals surface area contributed by atoms with Gasteiger partial charge in [0.25, 0.3) is 0 Å². The Balaban J connectivity index is 2.06. The Morgan fingerprint density at radius 1 is 1.50 bits per heavy atom. The third kappa shape index (κ3) is 2.67. The first-order valence-corrected chi connectivity index (χ1v) is 6.87. The van der Waals surface area contributed by atoms with Crippen molar-refractivity contribution in [3.8, 4) is 0 Å². The molecule has 0 bridgehead atoms. The third-order valence-corrected chi connectivity index (χ3v) is 3.92. The fraction of sp³-hybridized carbons (Fsp3) is 0.857. The molecule has 2 rings (SSSR count). The summed E-state index contributed by atoms with van der Waals surface area (Å²) in [4.78, 5) is 0. The van der Waals surface area contributed by atoms with Crippen molar-refractivity contribution in [3.05, 3.63) is 11.6 Å². The molecule has 1 saturated heterocycles. The molecule has 0 aromatic rings. The molecule has 1 fully saturated rings. The maximum Gasteiger partial charge on any atom is 0.0792 e. The van der Waals surface area contributed by atoms with Crippen molar-refractivity contribution < 1.29 is 4.74 Å². The molecule has 1 aliphatic heterocycles. The first kappa shape index (κ1) is 12.1. The van der Waals surface area contributed by atoms with Crippen LogP contribution in [0.1, 0.15) is 46.0 Å². The Labute approximate surface area is 99.4 Å². The molecule has 2 nitrogen and oxygen atoms in total. The van der Waals surface area contributed by atoms with Crippen LogP contribution in [0.4, 0.5) is 0 Å². The number of rotatable bonds is 4. The summed E-state index contributed by atoms with van der Waals surface area (Å²) >= 11 is 0. The zero-order chi connectivity index (χ0) is 11.4. The van der Waals surface area contributed by atoms with Gasteiger partial charge in [-0.1, -0.05) is 25.5 Å². The van der Waals surface area contributed by atoms with Crippen LogP contribution in [0.5, 0.6) is 0 Å². The van der Waals surface area contributed by atoms with E-state index in [-0.39, 0.29) is 0 Å². The molecule has 2 heteroatoms. The minimum absolute atomic E-state index is 0.407. The number of ether oxygens (including phenoxy) is 1. The molecule has 16 heavy (non-hydrogen) atoms. The second-order valence-electron chi connectivity index (χ2n) is 5.16. The highest BCUT2D eigenvalue weighted by molar-refractivity contribution is 5.16. The van der Waals surface area contributed by atoms with Crippen molar-refractivity contribution in [2.24, 2.45) is 5.92 Å². The van der Waals surface area contributed by atoms with Gasteiger partial charge in [0, 0.05) is 6.61 Å². The van der Waals surface area contributed by atoms with Crippen molar-refractivity contribution in [1.82, 2.24) is 5.32 Å². The minimum Gasteiger partial charge on any atom is -0.376 e. The summed E-state index contributed by atoms with van der Waals surface area (Å²) in [7, 11) is 0. The van der Waals surface area contributed by atoms with Gasteiger partial charge in [-0.05, 0) is 44.6 Å². The molecular weight excluding hydrogens is 198 g/mol. The Morgan fingerprint density at radius 3 is 2.94 bits per heavy atom. The van der Waals surface area contributed by atoms with E-state index < -0.39 is 0 Å². The normalized spacial score (nSPS) is 32.5. The second kappa shape index (κ2) is 5.83. The molecule has 3 atom stereocenters. The Morgan fingerprint density at radius 2 is 2.38 bits per heavy atom. The summed E-state index contributed by atoms with van der Waals surface area (Å²) in [6, 6.07) is 0.475. The van der Waals surface area contributed by atoms with Gasteiger partial charge < -0.3 is 10.1 Å². The first-order valence-electron chi connectivity index (χ1n) is 6.87. The van der Waals surface area contributed by atoms with Crippen LogP contribution in [0.2, 0.25) is 0 Å². The van der Waals surface area contributed by atoms with Crippen molar-refractivity contribution in [2.45, 2.75) is 58.1 Å². The molecule has 0 aromatic carbocycles. The average molecular weight is 223 g/mol. The van der Waals surface area contributed by atoms with Crippen LogP contribution in [0.25, 0.3) is 0 Å². The maximum absolute atomic E-state index is 5.93. The average Bonchev–Trinajstić information content (AvgIpc) is 2.73. The van der Waals surface area contributed by atoms with Crippen molar-refractivity contribution in [2.75, 3.05) is 13.2 Å². The van der Waals surface area contributed by atoms with Crippen LogP contribution < -0.4 is 5.32 Å². The predicted octanol–water partition coefficient (Wildman–Crippen LogP) is 2.89. The zero-order valence-electron chi connectivity index (χ0n) is 10.7. The van der Waals surface area contributed by atoms with Gasteiger partial charge in [-0.25, -0.2) is 0 Å². The van der Waals surface area contributed by atoms with Crippen molar-refractivity contribution in [3.63, 3.8) is 0 Å². The predicted molar refractivity (Wildman–Crippen MR) is 67.5 cm³/mol. The topological polar surface area (TPSA) is 21.3 Å². The highest BCUT2D eigenvalue weighted by Crippen LogP contribution is 2.30. The fourth-order valence-electron chi connectivity index (χ4n) is 2.97. The lowest BCUT2D eigenvalue weighted by Gasteiger charge is -2.30. The van der Waals surface area contributed by atoms with E-state index in [2.05, 4.69) is 25.2 Å². The zero-order valence-corrected chi connectivity index (χ0v) is 10.7.